The summed E-state index contributed by atoms with van der Waals surface area (Å²) in [5, 5.41) is 0. The van der Waals surface area contributed by atoms with Crippen molar-refractivity contribution in [1.29, 1.82) is 0 Å². The third kappa shape index (κ3) is 7.71. The Morgan fingerprint density at radius 2 is 1.32 bits per heavy atom. The molecule has 1 aliphatic carbocycles. The number of hydrogen-bond donors (Lipinski definition) is 0. The van der Waals surface area contributed by atoms with Gasteiger partial charge in [0.15, 0.2) is 0 Å². The molecule has 1 N–H and O–H groups in total. The zero-order valence-electron chi connectivity index (χ0n) is 15.3. The van der Waals surface area contributed by atoms with E-state index in [2.05, 4.69) is 42.5 Å². The van der Waals surface area contributed by atoms with Crippen molar-refractivity contribution in [3.8, 4) is 11.1 Å². The largest absolute Gasteiger partial charge is 1.00 e. The standard InChI is InChI=1S/C13H9.C6H6N.C5H5.2ClH.Hf/c1-3-7-12-10(5-1)9-11-6-2-4-8-13(11)12;7-6-4-2-1-3-5-6;1-2-4-5-3-1;;;/h1-5,7-8H,9H2;1-5,7H;1-5H;2*1H;/q3*-1;;;/p-2. The van der Waals surface area contributed by atoms with Crippen LogP contribution in [0.15, 0.2) is 103 Å². The predicted molar refractivity (Wildman–Crippen MR) is 106 cm³/mol. The van der Waals surface area contributed by atoms with Crippen molar-refractivity contribution in [2.75, 3.05) is 0 Å². The summed E-state index contributed by atoms with van der Waals surface area (Å²) in [7, 11) is 0. The van der Waals surface area contributed by atoms with E-state index in [-0.39, 0.29) is 50.7 Å². The molecule has 1 nitrogen and oxygen atoms in total. The first-order valence-corrected chi connectivity index (χ1v) is 8.36. The molecule has 4 heteroatoms. The van der Waals surface area contributed by atoms with Crippen molar-refractivity contribution in [2.45, 2.75) is 6.42 Å². The second-order valence-corrected chi connectivity index (χ2v) is 5.72. The number of rotatable bonds is 0. The van der Waals surface area contributed by atoms with Gasteiger partial charge < -0.3 is 30.5 Å². The van der Waals surface area contributed by atoms with Gasteiger partial charge in [0.1, 0.15) is 0 Å². The van der Waals surface area contributed by atoms with Crippen LogP contribution in [-0.4, -0.2) is 0 Å². The van der Waals surface area contributed by atoms with E-state index in [1.54, 1.807) is 12.1 Å². The van der Waals surface area contributed by atoms with E-state index in [9.17, 15) is 0 Å². The molecule has 0 aromatic heterocycles. The van der Waals surface area contributed by atoms with Crippen LogP contribution >= 0.6 is 0 Å². The van der Waals surface area contributed by atoms with Crippen molar-refractivity contribution in [2.24, 2.45) is 0 Å². The van der Waals surface area contributed by atoms with Gasteiger partial charge in [0, 0.05) is 25.8 Å². The smallest absolute Gasteiger partial charge is 0 e. The zero-order valence-corrected chi connectivity index (χ0v) is 20.4. The number of nitrogens with one attached hydrogen (secondary N) is 1. The van der Waals surface area contributed by atoms with Gasteiger partial charge in [-0.2, -0.15) is 48.0 Å². The summed E-state index contributed by atoms with van der Waals surface area (Å²) in [4.78, 5) is 0. The monoisotopic (exact) mass is 572 g/mol. The van der Waals surface area contributed by atoms with E-state index in [1.807, 2.05) is 54.6 Å². The first-order chi connectivity index (χ1) is 12.3. The molecule has 0 aliphatic heterocycles. The fourth-order valence-corrected chi connectivity index (χ4v) is 2.76. The normalized spacial score (nSPS) is 9.29. The Labute approximate surface area is 199 Å². The molecule has 4 aromatic rings. The zero-order chi connectivity index (χ0) is 17.3. The molecule has 1 aliphatic rings. The van der Waals surface area contributed by atoms with E-state index in [0.717, 1.165) is 6.42 Å². The van der Waals surface area contributed by atoms with Crippen LogP contribution in [-0.2, 0) is 32.3 Å². The van der Waals surface area contributed by atoms with Crippen LogP contribution in [0, 0.1) is 6.07 Å². The van der Waals surface area contributed by atoms with E-state index < -0.39 is 0 Å². The van der Waals surface area contributed by atoms with Crippen molar-refractivity contribution >= 4 is 5.69 Å². The molecule has 0 saturated heterocycles. The predicted octanol–water partition coefficient (Wildman–Crippen LogP) is 0.839. The maximum atomic E-state index is 7.00. The van der Waals surface area contributed by atoms with E-state index in [1.165, 1.54) is 22.3 Å². The summed E-state index contributed by atoms with van der Waals surface area (Å²) in [6, 6.07) is 37.2. The Morgan fingerprint density at radius 3 is 1.89 bits per heavy atom. The van der Waals surface area contributed by atoms with Crippen molar-refractivity contribution in [3.05, 3.63) is 126 Å². The quantitative estimate of drug-likeness (QED) is 0.194. The molecule has 0 amide bonds. The minimum Gasteiger partial charge on any atom is -1.00 e. The minimum atomic E-state index is 0. The van der Waals surface area contributed by atoms with Crippen LogP contribution < -0.4 is 24.8 Å². The number of halogens is 2. The molecule has 0 unspecified atom stereocenters. The van der Waals surface area contributed by atoms with E-state index in [0.29, 0.717) is 5.69 Å². The maximum absolute atomic E-state index is 7.00. The van der Waals surface area contributed by atoms with Gasteiger partial charge in [-0.25, -0.2) is 12.1 Å². The summed E-state index contributed by atoms with van der Waals surface area (Å²) < 4.78 is 0. The Balaban J connectivity index is 0.000000419. The number of fused-ring (bicyclic) bond motifs is 3. The van der Waals surface area contributed by atoms with Crippen LogP contribution in [0.2, 0.25) is 0 Å². The van der Waals surface area contributed by atoms with Gasteiger partial charge in [-0.05, 0) is 6.42 Å². The number of benzene rings is 3. The molecule has 0 radical (unpaired) electrons. The third-order valence-corrected chi connectivity index (χ3v) is 3.95. The molecule has 5 rings (SSSR count). The Bertz CT molecular complexity index is 833. The molecule has 144 valence electrons. The third-order valence-electron chi connectivity index (χ3n) is 3.95. The first kappa shape index (κ1) is 26.3. The molecule has 0 saturated carbocycles. The van der Waals surface area contributed by atoms with Gasteiger partial charge >= 0.3 is 0 Å². The summed E-state index contributed by atoms with van der Waals surface area (Å²) in [5.41, 5.74) is 13.1. The summed E-state index contributed by atoms with van der Waals surface area (Å²) in [5.74, 6) is 0. The molecule has 0 fully saturated rings. The maximum Gasteiger partial charge on any atom is 0 e. The molecule has 0 heterocycles. The second kappa shape index (κ2) is 14.3. The van der Waals surface area contributed by atoms with Crippen LogP contribution in [0.5, 0.6) is 0 Å². The Kier molecular flexibility index (Phi) is 13.4. The molecule has 0 bridgehead atoms. The van der Waals surface area contributed by atoms with E-state index >= 15 is 0 Å². The second-order valence-electron chi connectivity index (χ2n) is 5.72. The van der Waals surface area contributed by atoms with Crippen molar-refractivity contribution < 1.29 is 50.7 Å². The summed E-state index contributed by atoms with van der Waals surface area (Å²) in [6.45, 7) is 0. The molecule has 28 heavy (non-hydrogen) atoms. The van der Waals surface area contributed by atoms with Crippen molar-refractivity contribution in [3.63, 3.8) is 0 Å². The molecular formula is C24H20Cl2HfN-5. The molecule has 0 atom stereocenters. The molecule has 0 spiro atoms. The molecule has 4 aromatic carbocycles. The Morgan fingerprint density at radius 1 is 0.714 bits per heavy atom. The van der Waals surface area contributed by atoms with Gasteiger partial charge in [0.05, 0.1) is 0 Å². The van der Waals surface area contributed by atoms with Crippen LogP contribution in [0.4, 0.5) is 5.69 Å². The molecular weight excluding hydrogens is 552 g/mol. The summed E-state index contributed by atoms with van der Waals surface area (Å²) in [6.07, 6.45) is 1.05. The van der Waals surface area contributed by atoms with Crippen molar-refractivity contribution in [1.82, 2.24) is 0 Å². The van der Waals surface area contributed by atoms with Gasteiger partial charge in [-0.3, -0.25) is 0 Å². The van der Waals surface area contributed by atoms with E-state index in [4.69, 9.17) is 5.73 Å². The average Bonchev–Trinajstić information content (AvgIpc) is 3.34. The first-order valence-electron chi connectivity index (χ1n) is 8.36. The average molecular weight is 572 g/mol. The van der Waals surface area contributed by atoms with Gasteiger partial charge in [0.25, 0.3) is 0 Å². The SMILES string of the molecule is [Cl-].[Cl-].[Hf].[NH-]c1ccccc1.[c-]1cccc2c1Cc1ccccc1-2.c1cc[cH-]c1. The van der Waals surface area contributed by atoms with Crippen LogP contribution in [0.3, 0.4) is 0 Å². The van der Waals surface area contributed by atoms with Crippen LogP contribution in [0.1, 0.15) is 11.1 Å². The Hall–Kier alpha value is -1.74. The summed E-state index contributed by atoms with van der Waals surface area (Å²) >= 11 is 0. The topological polar surface area (TPSA) is 23.8 Å². The van der Waals surface area contributed by atoms with Gasteiger partial charge in [-0.15, -0.1) is 11.3 Å². The van der Waals surface area contributed by atoms with Crippen LogP contribution in [0.25, 0.3) is 16.9 Å². The number of hydrogen-bond acceptors (Lipinski definition) is 0. The fourth-order valence-electron chi connectivity index (χ4n) is 2.76. The fraction of sp³-hybridized carbons (Fsp3) is 0.0417. The van der Waals surface area contributed by atoms with Gasteiger partial charge in [-0.1, -0.05) is 65.7 Å². The van der Waals surface area contributed by atoms with Gasteiger partial charge in [0.2, 0.25) is 0 Å². The minimum absolute atomic E-state index is 0.